The van der Waals surface area contributed by atoms with E-state index >= 15 is 0 Å². The number of hydrogen-bond donors (Lipinski definition) is 3. The van der Waals surface area contributed by atoms with Crippen molar-refractivity contribution in [2.75, 3.05) is 38.7 Å². The van der Waals surface area contributed by atoms with Crippen LogP contribution in [0.2, 0.25) is 0 Å². The average molecular weight is 651 g/mol. The number of aliphatic hydroxyl groups excluding tert-OH is 1. The van der Waals surface area contributed by atoms with E-state index in [1.807, 2.05) is 51.1 Å². The number of carbonyl (C=O) groups is 3. The smallest absolute Gasteiger partial charge is 0.319 e. The Kier molecular flexibility index (Phi) is 13.9. The number of benzene rings is 2. The number of amides is 4. The quantitative estimate of drug-likeness (QED) is 0.340. The normalized spacial score (nSPS) is 22.3. The van der Waals surface area contributed by atoms with Crippen LogP contribution in [0.15, 0.2) is 48.5 Å². The van der Waals surface area contributed by atoms with Crippen LogP contribution < -0.4 is 15.4 Å². The van der Waals surface area contributed by atoms with Crippen LogP contribution in [-0.4, -0.2) is 90.4 Å². The fourth-order valence-corrected chi connectivity index (χ4v) is 6.34. The number of hydrogen-bond acceptors (Lipinski definition) is 6. The minimum Gasteiger partial charge on any atom is -0.490 e. The number of aliphatic hydroxyl groups is 1. The van der Waals surface area contributed by atoms with Gasteiger partial charge in [0.25, 0.3) is 5.91 Å². The van der Waals surface area contributed by atoms with Crippen molar-refractivity contribution in [3.05, 3.63) is 59.7 Å². The number of nitrogens with zero attached hydrogens (tertiary/aromatic N) is 2. The molecule has 2 aliphatic rings. The number of ether oxygens (including phenoxy) is 2. The van der Waals surface area contributed by atoms with Crippen LogP contribution in [-0.2, 0) is 16.0 Å². The van der Waals surface area contributed by atoms with Gasteiger partial charge in [0.15, 0.2) is 0 Å². The summed E-state index contributed by atoms with van der Waals surface area (Å²) in [6, 6.07) is 14.2. The van der Waals surface area contributed by atoms with Crippen molar-refractivity contribution in [1.29, 1.82) is 0 Å². The third-order valence-corrected chi connectivity index (χ3v) is 9.33. The Morgan fingerprint density at radius 2 is 1.74 bits per heavy atom. The SMILES string of the molecule is C[C@@H]1CN([C@@H](C)CO)C(=O)c2cc(NC(=O)NC3CCCCC3)ccc2O[C@@H](C)CCCCO[C@@H]1CN(C)C(=O)Cc1ccccc1. The van der Waals surface area contributed by atoms with E-state index < -0.39 is 6.04 Å². The summed E-state index contributed by atoms with van der Waals surface area (Å²) in [6.45, 7) is 6.78. The monoisotopic (exact) mass is 650 g/mol. The minimum absolute atomic E-state index is 0.00415. The van der Waals surface area contributed by atoms with E-state index in [0.717, 1.165) is 50.5 Å². The van der Waals surface area contributed by atoms with Gasteiger partial charge in [-0.3, -0.25) is 9.59 Å². The second kappa shape index (κ2) is 18.1. The second-order valence-electron chi connectivity index (χ2n) is 13.4. The summed E-state index contributed by atoms with van der Waals surface area (Å²) in [4.78, 5) is 43.7. The molecule has 0 spiro atoms. The van der Waals surface area contributed by atoms with Gasteiger partial charge in [0.1, 0.15) is 5.75 Å². The van der Waals surface area contributed by atoms with E-state index in [1.54, 1.807) is 35.0 Å². The summed E-state index contributed by atoms with van der Waals surface area (Å²) in [6.07, 6.45) is 7.65. The zero-order chi connectivity index (χ0) is 33.8. The predicted molar refractivity (Wildman–Crippen MR) is 184 cm³/mol. The molecule has 4 amide bonds. The van der Waals surface area contributed by atoms with E-state index in [-0.39, 0.29) is 48.6 Å². The Morgan fingerprint density at radius 1 is 1.02 bits per heavy atom. The third-order valence-electron chi connectivity index (χ3n) is 9.33. The first-order valence-electron chi connectivity index (χ1n) is 17.3. The standard InChI is InChI=1S/C37H54N4O6/c1-26-23-41(27(2)25-42)36(44)32-22-31(39-37(45)38-30-16-9-6-10-17-30)18-19-33(32)47-28(3)13-11-12-20-46-34(26)24-40(4)35(43)21-29-14-7-5-8-15-29/h5,7-8,14-15,18-19,22,26-28,30,34,42H,6,9-13,16-17,20-21,23-25H2,1-4H3,(H2,38,39,45)/t26-,27+,28+,34-/m1/s1. The Labute approximate surface area is 280 Å². The molecular formula is C37H54N4O6. The molecule has 4 atom stereocenters. The molecule has 47 heavy (non-hydrogen) atoms. The summed E-state index contributed by atoms with van der Waals surface area (Å²) in [5.74, 6) is -0.0230. The van der Waals surface area contributed by atoms with Crippen molar-refractivity contribution >= 4 is 23.5 Å². The Balaban J connectivity index is 1.56. The van der Waals surface area contributed by atoms with E-state index in [2.05, 4.69) is 10.6 Å². The maximum atomic E-state index is 14.4. The zero-order valence-electron chi connectivity index (χ0n) is 28.6. The van der Waals surface area contributed by atoms with Gasteiger partial charge in [-0.25, -0.2) is 4.79 Å². The van der Waals surface area contributed by atoms with E-state index in [0.29, 0.717) is 43.1 Å². The highest BCUT2D eigenvalue weighted by Crippen LogP contribution is 2.29. The summed E-state index contributed by atoms with van der Waals surface area (Å²) in [7, 11) is 1.79. The van der Waals surface area contributed by atoms with Crippen LogP contribution >= 0.6 is 0 Å². The van der Waals surface area contributed by atoms with Gasteiger partial charge in [-0.05, 0) is 69.7 Å². The second-order valence-corrected chi connectivity index (χ2v) is 13.4. The summed E-state index contributed by atoms with van der Waals surface area (Å²) in [5.41, 5.74) is 1.77. The molecule has 0 unspecified atom stereocenters. The van der Waals surface area contributed by atoms with E-state index in [1.165, 1.54) is 6.42 Å². The van der Waals surface area contributed by atoms with Gasteiger partial charge < -0.3 is 35.0 Å². The van der Waals surface area contributed by atoms with Gasteiger partial charge in [-0.1, -0.05) is 56.5 Å². The fourth-order valence-electron chi connectivity index (χ4n) is 6.34. The highest BCUT2D eigenvalue weighted by Gasteiger charge is 2.31. The molecule has 1 heterocycles. The molecule has 4 rings (SSSR count). The van der Waals surface area contributed by atoms with E-state index in [9.17, 15) is 19.5 Å². The summed E-state index contributed by atoms with van der Waals surface area (Å²) >= 11 is 0. The van der Waals surface area contributed by atoms with Crippen molar-refractivity contribution in [2.45, 2.75) is 103 Å². The molecule has 258 valence electrons. The van der Waals surface area contributed by atoms with Gasteiger partial charge in [-0.15, -0.1) is 0 Å². The number of rotatable bonds is 8. The van der Waals surface area contributed by atoms with Crippen molar-refractivity contribution in [1.82, 2.24) is 15.1 Å². The fraction of sp³-hybridized carbons (Fsp3) is 0.595. The van der Waals surface area contributed by atoms with Crippen LogP contribution in [0.25, 0.3) is 0 Å². The lowest BCUT2D eigenvalue weighted by Gasteiger charge is -2.36. The minimum atomic E-state index is -0.493. The van der Waals surface area contributed by atoms with Gasteiger partial charge in [0.05, 0.1) is 36.8 Å². The lowest BCUT2D eigenvalue weighted by atomic mass is 9.96. The molecule has 3 N–H and O–H groups in total. The van der Waals surface area contributed by atoms with Crippen LogP contribution in [0.5, 0.6) is 5.75 Å². The van der Waals surface area contributed by atoms with E-state index in [4.69, 9.17) is 9.47 Å². The zero-order valence-corrected chi connectivity index (χ0v) is 28.6. The van der Waals surface area contributed by atoms with Gasteiger partial charge in [0.2, 0.25) is 5.91 Å². The third kappa shape index (κ3) is 11.0. The molecule has 0 aromatic heterocycles. The number of fused-ring (bicyclic) bond motifs is 1. The van der Waals surface area contributed by atoms with Crippen molar-refractivity contribution in [3.8, 4) is 5.75 Å². The Bertz CT molecular complexity index is 1300. The number of urea groups is 1. The first-order valence-corrected chi connectivity index (χ1v) is 17.3. The molecule has 0 saturated heterocycles. The molecule has 10 heteroatoms. The largest absolute Gasteiger partial charge is 0.490 e. The van der Waals surface area contributed by atoms with Crippen LogP contribution in [0.4, 0.5) is 10.5 Å². The molecule has 1 fully saturated rings. The molecule has 0 radical (unpaired) electrons. The summed E-state index contributed by atoms with van der Waals surface area (Å²) in [5, 5.41) is 16.2. The summed E-state index contributed by atoms with van der Waals surface area (Å²) < 4.78 is 12.7. The van der Waals surface area contributed by atoms with Crippen molar-refractivity contribution in [3.63, 3.8) is 0 Å². The first-order chi connectivity index (χ1) is 22.6. The van der Waals surface area contributed by atoms with Crippen LogP contribution in [0.3, 0.4) is 0 Å². The van der Waals surface area contributed by atoms with Crippen molar-refractivity contribution < 1.29 is 29.0 Å². The molecule has 1 saturated carbocycles. The van der Waals surface area contributed by atoms with Gasteiger partial charge in [0, 0.05) is 44.4 Å². The molecular weight excluding hydrogens is 596 g/mol. The maximum Gasteiger partial charge on any atom is 0.319 e. The highest BCUT2D eigenvalue weighted by atomic mass is 16.5. The average Bonchev–Trinajstić information content (AvgIpc) is 3.06. The lowest BCUT2D eigenvalue weighted by molar-refractivity contribution is -0.131. The molecule has 0 bridgehead atoms. The van der Waals surface area contributed by atoms with Crippen LogP contribution in [0.1, 0.15) is 88.1 Å². The molecule has 10 nitrogen and oxygen atoms in total. The molecule has 1 aliphatic heterocycles. The topological polar surface area (TPSA) is 120 Å². The van der Waals surface area contributed by atoms with Gasteiger partial charge >= 0.3 is 6.03 Å². The maximum absolute atomic E-state index is 14.4. The molecule has 1 aliphatic carbocycles. The highest BCUT2D eigenvalue weighted by molar-refractivity contribution is 5.99. The Hall–Kier alpha value is -3.63. The number of likely N-dealkylation sites (N-methyl/N-ethyl adjacent to an activating group) is 1. The molecule has 2 aromatic rings. The molecule has 2 aromatic carbocycles. The predicted octanol–water partition coefficient (Wildman–Crippen LogP) is 5.64. The van der Waals surface area contributed by atoms with Crippen molar-refractivity contribution in [2.24, 2.45) is 5.92 Å². The van der Waals surface area contributed by atoms with Gasteiger partial charge in [-0.2, -0.15) is 0 Å². The number of anilines is 1. The Morgan fingerprint density at radius 3 is 2.47 bits per heavy atom. The number of nitrogens with one attached hydrogen (secondary N) is 2. The van der Waals surface area contributed by atoms with Crippen LogP contribution in [0, 0.1) is 5.92 Å². The lowest BCUT2D eigenvalue weighted by Crippen LogP contribution is -2.48. The first kappa shape index (κ1) is 36.2. The number of carbonyl (C=O) groups excluding carboxylic acids is 3.